The fourth-order valence-corrected chi connectivity index (χ4v) is 2.00. The first-order valence-electron chi connectivity index (χ1n) is 7.10. The third-order valence-corrected chi connectivity index (χ3v) is 3.35. The van der Waals surface area contributed by atoms with E-state index in [2.05, 4.69) is 5.32 Å². The van der Waals surface area contributed by atoms with Gasteiger partial charge >= 0.3 is 0 Å². The third kappa shape index (κ3) is 4.63. The molecule has 0 bridgehead atoms. The van der Waals surface area contributed by atoms with Gasteiger partial charge in [0.2, 0.25) is 0 Å². The molecule has 0 aromatic heterocycles. The summed E-state index contributed by atoms with van der Waals surface area (Å²) in [5.74, 6) is 0.586. The van der Waals surface area contributed by atoms with Gasteiger partial charge in [0.25, 0.3) is 5.91 Å². The third-order valence-electron chi connectivity index (χ3n) is 3.35. The molecule has 2 aromatic carbocycles. The van der Waals surface area contributed by atoms with Crippen molar-refractivity contribution in [2.24, 2.45) is 0 Å². The van der Waals surface area contributed by atoms with Crippen LogP contribution in [0.2, 0.25) is 0 Å². The SMILES string of the molecule is Cc1ccc(OCC(=O)N[C@@H](C)c2ccc(C)cc2)cc1. The zero-order valence-corrected chi connectivity index (χ0v) is 12.7. The van der Waals surface area contributed by atoms with Gasteiger partial charge in [0.15, 0.2) is 6.61 Å². The zero-order valence-electron chi connectivity index (χ0n) is 12.7. The molecule has 2 rings (SSSR count). The monoisotopic (exact) mass is 283 g/mol. The summed E-state index contributed by atoms with van der Waals surface area (Å²) in [5.41, 5.74) is 3.46. The molecule has 0 aliphatic rings. The molecule has 110 valence electrons. The highest BCUT2D eigenvalue weighted by molar-refractivity contribution is 5.78. The summed E-state index contributed by atoms with van der Waals surface area (Å²) in [6.45, 7) is 6.05. The normalized spacial score (nSPS) is 11.8. The highest BCUT2D eigenvalue weighted by Gasteiger charge is 2.09. The molecule has 21 heavy (non-hydrogen) atoms. The molecule has 0 aliphatic heterocycles. The molecule has 3 nitrogen and oxygen atoms in total. The molecule has 3 heteroatoms. The molecule has 1 amide bonds. The largest absolute Gasteiger partial charge is 0.484 e. The van der Waals surface area contributed by atoms with Gasteiger partial charge in [0.05, 0.1) is 6.04 Å². The quantitative estimate of drug-likeness (QED) is 0.911. The van der Waals surface area contributed by atoms with Gasteiger partial charge in [-0.15, -0.1) is 0 Å². The topological polar surface area (TPSA) is 38.3 Å². The van der Waals surface area contributed by atoms with Gasteiger partial charge in [-0.1, -0.05) is 47.5 Å². The van der Waals surface area contributed by atoms with Crippen molar-refractivity contribution in [2.75, 3.05) is 6.61 Å². The first-order chi connectivity index (χ1) is 10.0. The minimum Gasteiger partial charge on any atom is -0.484 e. The van der Waals surface area contributed by atoms with Crippen LogP contribution in [0.1, 0.15) is 29.7 Å². The Morgan fingerprint density at radius 1 is 1.00 bits per heavy atom. The smallest absolute Gasteiger partial charge is 0.258 e. The minimum atomic E-state index is -0.122. The van der Waals surface area contributed by atoms with Gasteiger partial charge in [-0.25, -0.2) is 0 Å². The summed E-state index contributed by atoms with van der Waals surface area (Å²) in [5, 5.41) is 2.93. The molecule has 2 aromatic rings. The second kappa shape index (κ2) is 6.93. The van der Waals surface area contributed by atoms with Crippen molar-refractivity contribution in [3.63, 3.8) is 0 Å². The summed E-state index contributed by atoms with van der Waals surface area (Å²) in [6.07, 6.45) is 0. The number of rotatable bonds is 5. The molecule has 0 aliphatic carbocycles. The number of aryl methyl sites for hydroxylation is 2. The molecule has 0 saturated carbocycles. The van der Waals surface area contributed by atoms with E-state index in [1.807, 2.05) is 69.3 Å². The van der Waals surface area contributed by atoms with Crippen molar-refractivity contribution in [2.45, 2.75) is 26.8 Å². The zero-order chi connectivity index (χ0) is 15.2. The average Bonchev–Trinajstić information content (AvgIpc) is 2.47. The van der Waals surface area contributed by atoms with Crippen molar-refractivity contribution >= 4 is 5.91 Å². The Morgan fingerprint density at radius 2 is 1.52 bits per heavy atom. The van der Waals surface area contributed by atoms with E-state index in [1.165, 1.54) is 11.1 Å². The van der Waals surface area contributed by atoms with Crippen LogP contribution in [0.15, 0.2) is 48.5 Å². The van der Waals surface area contributed by atoms with Crippen LogP contribution in [-0.4, -0.2) is 12.5 Å². The Hall–Kier alpha value is -2.29. The summed E-state index contributed by atoms with van der Waals surface area (Å²) >= 11 is 0. The highest BCUT2D eigenvalue weighted by atomic mass is 16.5. The van der Waals surface area contributed by atoms with Gasteiger partial charge in [-0.05, 0) is 38.5 Å². The molecule has 1 N–H and O–H groups in total. The highest BCUT2D eigenvalue weighted by Crippen LogP contribution is 2.14. The number of hydrogen-bond donors (Lipinski definition) is 1. The molecule has 0 saturated heterocycles. The summed E-state index contributed by atoms with van der Waals surface area (Å²) in [6, 6.07) is 15.8. The van der Waals surface area contributed by atoms with E-state index in [0.717, 1.165) is 5.56 Å². The molecule has 0 fully saturated rings. The Balaban J connectivity index is 1.83. The van der Waals surface area contributed by atoms with Crippen molar-refractivity contribution in [3.05, 3.63) is 65.2 Å². The van der Waals surface area contributed by atoms with Crippen LogP contribution in [0.5, 0.6) is 5.75 Å². The van der Waals surface area contributed by atoms with Gasteiger partial charge in [0, 0.05) is 0 Å². The Bertz CT molecular complexity index is 588. The lowest BCUT2D eigenvalue weighted by Crippen LogP contribution is -2.31. The summed E-state index contributed by atoms with van der Waals surface area (Å²) in [7, 11) is 0. The molecular formula is C18H21NO2. The second-order valence-electron chi connectivity index (χ2n) is 5.30. The maximum atomic E-state index is 11.9. The molecule has 0 spiro atoms. The standard InChI is InChI=1S/C18H21NO2/c1-13-4-8-16(9-5-13)15(3)19-18(20)12-21-17-10-6-14(2)7-11-17/h4-11,15H,12H2,1-3H3,(H,19,20)/t15-/m0/s1. The lowest BCUT2D eigenvalue weighted by Gasteiger charge is -2.15. The van der Waals surface area contributed by atoms with E-state index >= 15 is 0 Å². The number of ether oxygens (including phenoxy) is 1. The van der Waals surface area contributed by atoms with Crippen molar-refractivity contribution < 1.29 is 9.53 Å². The molecular weight excluding hydrogens is 262 g/mol. The lowest BCUT2D eigenvalue weighted by molar-refractivity contribution is -0.123. The van der Waals surface area contributed by atoms with E-state index in [-0.39, 0.29) is 18.6 Å². The van der Waals surface area contributed by atoms with Crippen LogP contribution < -0.4 is 10.1 Å². The Morgan fingerprint density at radius 3 is 2.10 bits per heavy atom. The van der Waals surface area contributed by atoms with Crippen LogP contribution in [-0.2, 0) is 4.79 Å². The predicted octanol–water partition coefficient (Wildman–Crippen LogP) is 3.56. The van der Waals surface area contributed by atoms with Crippen LogP contribution >= 0.6 is 0 Å². The van der Waals surface area contributed by atoms with E-state index in [1.54, 1.807) is 0 Å². The van der Waals surface area contributed by atoms with Crippen LogP contribution in [0.25, 0.3) is 0 Å². The fourth-order valence-electron chi connectivity index (χ4n) is 2.00. The molecule has 0 heterocycles. The van der Waals surface area contributed by atoms with Crippen LogP contribution in [0.3, 0.4) is 0 Å². The first-order valence-corrected chi connectivity index (χ1v) is 7.10. The number of carbonyl (C=O) groups is 1. The van der Waals surface area contributed by atoms with Crippen LogP contribution in [0.4, 0.5) is 0 Å². The number of carbonyl (C=O) groups excluding carboxylic acids is 1. The number of benzene rings is 2. The van der Waals surface area contributed by atoms with E-state index in [0.29, 0.717) is 5.75 Å². The molecule has 0 unspecified atom stereocenters. The van der Waals surface area contributed by atoms with Gasteiger partial charge in [-0.3, -0.25) is 4.79 Å². The number of amides is 1. The molecule has 0 radical (unpaired) electrons. The molecule has 1 atom stereocenters. The fraction of sp³-hybridized carbons (Fsp3) is 0.278. The van der Waals surface area contributed by atoms with Gasteiger partial charge < -0.3 is 10.1 Å². The maximum absolute atomic E-state index is 11.9. The second-order valence-corrected chi connectivity index (χ2v) is 5.30. The van der Waals surface area contributed by atoms with Crippen molar-refractivity contribution in [1.29, 1.82) is 0 Å². The summed E-state index contributed by atoms with van der Waals surface area (Å²) in [4.78, 5) is 11.9. The van der Waals surface area contributed by atoms with Gasteiger partial charge in [0.1, 0.15) is 5.75 Å². The minimum absolute atomic E-state index is 0.0270. The van der Waals surface area contributed by atoms with Gasteiger partial charge in [-0.2, -0.15) is 0 Å². The van der Waals surface area contributed by atoms with E-state index < -0.39 is 0 Å². The maximum Gasteiger partial charge on any atom is 0.258 e. The van der Waals surface area contributed by atoms with E-state index in [9.17, 15) is 4.79 Å². The lowest BCUT2D eigenvalue weighted by atomic mass is 10.1. The van der Waals surface area contributed by atoms with Crippen molar-refractivity contribution in [1.82, 2.24) is 5.32 Å². The van der Waals surface area contributed by atoms with Crippen LogP contribution in [0, 0.1) is 13.8 Å². The number of hydrogen-bond acceptors (Lipinski definition) is 2. The summed E-state index contributed by atoms with van der Waals surface area (Å²) < 4.78 is 5.47. The average molecular weight is 283 g/mol. The number of nitrogens with one attached hydrogen (secondary N) is 1. The van der Waals surface area contributed by atoms with E-state index in [4.69, 9.17) is 4.74 Å². The Kier molecular flexibility index (Phi) is 4.99. The Labute approximate surface area is 126 Å². The van der Waals surface area contributed by atoms with Crippen molar-refractivity contribution in [3.8, 4) is 5.75 Å². The predicted molar refractivity (Wildman–Crippen MR) is 84.4 cm³/mol. The first kappa shape index (κ1) is 15.1.